The molecule has 0 spiro atoms. The van der Waals surface area contributed by atoms with E-state index in [4.69, 9.17) is 11.6 Å². The number of benzene rings is 1. The van der Waals surface area contributed by atoms with Crippen LogP contribution in [-0.4, -0.2) is 57.7 Å². The van der Waals surface area contributed by atoms with Crippen molar-refractivity contribution < 1.29 is 13.2 Å². The van der Waals surface area contributed by atoms with Crippen molar-refractivity contribution >= 4 is 33.2 Å². The predicted octanol–water partition coefficient (Wildman–Crippen LogP) is 3.97. The van der Waals surface area contributed by atoms with E-state index < -0.39 is 10.0 Å². The monoisotopic (exact) mass is 457 g/mol. The molecule has 1 amide bonds. The molecular formula is C22H36ClN3O3S. The lowest BCUT2D eigenvalue weighted by molar-refractivity contribution is -0.121. The van der Waals surface area contributed by atoms with Gasteiger partial charge in [-0.3, -0.25) is 9.10 Å². The van der Waals surface area contributed by atoms with Gasteiger partial charge in [0.15, 0.2) is 0 Å². The van der Waals surface area contributed by atoms with Gasteiger partial charge in [0, 0.05) is 37.1 Å². The number of anilines is 1. The first-order chi connectivity index (χ1) is 14.2. The molecule has 30 heavy (non-hydrogen) atoms. The third kappa shape index (κ3) is 7.43. The maximum Gasteiger partial charge on any atom is 0.232 e. The maximum absolute atomic E-state index is 12.3. The smallest absolute Gasteiger partial charge is 0.232 e. The van der Waals surface area contributed by atoms with Crippen LogP contribution in [0.25, 0.3) is 0 Å². The van der Waals surface area contributed by atoms with Crippen LogP contribution in [0.4, 0.5) is 5.69 Å². The summed E-state index contributed by atoms with van der Waals surface area (Å²) in [6, 6.07) is 5.90. The number of nitrogens with one attached hydrogen (secondary N) is 1. The van der Waals surface area contributed by atoms with Gasteiger partial charge in [0.2, 0.25) is 15.9 Å². The number of amides is 1. The summed E-state index contributed by atoms with van der Waals surface area (Å²) in [7, 11) is -3.46. The van der Waals surface area contributed by atoms with Gasteiger partial charge >= 0.3 is 0 Å². The Balaban J connectivity index is 1.76. The van der Waals surface area contributed by atoms with Crippen molar-refractivity contribution in [2.24, 2.45) is 0 Å². The average molecular weight is 458 g/mol. The summed E-state index contributed by atoms with van der Waals surface area (Å²) in [5.41, 5.74) is 1.29. The Bertz CT molecular complexity index is 801. The minimum absolute atomic E-state index is 0.0306. The average Bonchev–Trinajstić information content (AvgIpc) is 2.70. The standard InChI is InChI=1S/C22H36ClN3O3S/c1-4-19-10-5-6-15-25(19)16-9-14-24-22(27)13-8-17-26(30(3,28)29)21-12-7-11-20(23)18(21)2/h7,11-12,19H,4-6,8-10,13-17H2,1-3H3,(H,24,27). The molecule has 1 unspecified atom stereocenters. The van der Waals surface area contributed by atoms with Crippen molar-refractivity contribution in [3.05, 3.63) is 28.8 Å². The minimum Gasteiger partial charge on any atom is -0.356 e. The van der Waals surface area contributed by atoms with Crippen LogP contribution in [-0.2, 0) is 14.8 Å². The number of likely N-dealkylation sites (tertiary alicyclic amines) is 1. The zero-order chi connectivity index (χ0) is 22.1. The van der Waals surface area contributed by atoms with Crippen LogP contribution in [0.3, 0.4) is 0 Å². The Morgan fingerprint density at radius 1 is 1.30 bits per heavy atom. The zero-order valence-electron chi connectivity index (χ0n) is 18.5. The normalized spacial score (nSPS) is 17.7. The second-order valence-corrected chi connectivity index (χ2v) is 10.4. The molecule has 8 heteroatoms. The molecule has 0 saturated carbocycles. The Hall–Kier alpha value is -1.31. The molecule has 1 aromatic carbocycles. The lowest BCUT2D eigenvalue weighted by atomic mass is 10.00. The second kappa shape index (κ2) is 11.9. The third-order valence-corrected chi connectivity index (χ3v) is 7.43. The van der Waals surface area contributed by atoms with Crippen molar-refractivity contribution in [1.82, 2.24) is 10.2 Å². The molecule has 1 aliphatic rings. The molecule has 6 nitrogen and oxygen atoms in total. The van der Waals surface area contributed by atoms with Crippen molar-refractivity contribution in [1.29, 1.82) is 0 Å². The van der Waals surface area contributed by atoms with E-state index in [9.17, 15) is 13.2 Å². The third-order valence-electron chi connectivity index (χ3n) is 5.84. The molecule has 1 aromatic rings. The first-order valence-electron chi connectivity index (χ1n) is 11.0. The summed E-state index contributed by atoms with van der Waals surface area (Å²) in [6.07, 6.45) is 7.94. The number of sulfonamides is 1. The molecule has 2 rings (SSSR count). The number of hydrogen-bond acceptors (Lipinski definition) is 4. The Morgan fingerprint density at radius 3 is 2.77 bits per heavy atom. The number of carbonyl (C=O) groups excluding carboxylic acids is 1. The fourth-order valence-electron chi connectivity index (χ4n) is 4.13. The Morgan fingerprint density at radius 2 is 2.07 bits per heavy atom. The predicted molar refractivity (Wildman–Crippen MR) is 125 cm³/mol. The Kier molecular flexibility index (Phi) is 9.91. The van der Waals surface area contributed by atoms with E-state index >= 15 is 0 Å². The number of piperidine rings is 1. The molecular weight excluding hydrogens is 422 g/mol. The van der Waals surface area contributed by atoms with E-state index in [0.717, 1.165) is 25.1 Å². The molecule has 1 atom stereocenters. The number of carbonyl (C=O) groups is 1. The van der Waals surface area contributed by atoms with Gasteiger partial charge < -0.3 is 10.2 Å². The van der Waals surface area contributed by atoms with Gasteiger partial charge in [0.1, 0.15) is 0 Å². The maximum atomic E-state index is 12.3. The van der Waals surface area contributed by atoms with Crippen LogP contribution in [0.2, 0.25) is 5.02 Å². The number of halogens is 1. The highest BCUT2D eigenvalue weighted by atomic mass is 35.5. The number of rotatable bonds is 11. The van der Waals surface area contributed by atoms with Crippen LogP contribution >= 0.6 is 11.6 Å². The van der Waals surface area contributed by atoms with Gasteiger partial charge in [-0.25, -0.2) is 8.42 Å². The zero-order valence-corrected chi connectivity index (χ0v) is 20.1. The summed E-state index contributed by atoms with van der Waals surface area (Å²) in [4.78, 5) is 14.7. The first kappa shape index (κ1) is 25.0. The second-order valence-electron chi connectivity index (χ2n) is 8.12. The van der Waals surface area contributed by atoms with Crippen LogP contribution in [0, 0.1) is 6.92 Å². The quantitative estimate of drug-likeness (QED) is 0.510. The molecule has 0 aromatic heterocycles. The Labute approximate surface area is 187 Å². The summed E-state index contributed by atoms with van der Waals surface area (Å²) in [6.45, 7) is 7.14. The summed E-state index contributed by atoms with van der Waals surface area (Å²) in [5, 5.41) is 3.50. The van der Waals surface area contributed by atoms with Crippen molar-refractivity contribution in [2.45, 2.75) is 64.8 Å². The van der Waals surface area contributed by atoms with Gasteiger partial charge in [-0.15, -0.1) is 0 Å². The van der Waals surface area contributed by atoms with Gasteiger partial charge in [0.25, 0.3) is 0 Å². The lowest BCUT2D eigenvalue weighted by Gasteiger charge is -2.35. The van der Waals surface area contributed by atoms with E-state index in [-0.39, 0.29) is 12.5 Å². The fourth-order valence-corrected chi connectivity index (χ4v) is 5.31. The van der Waals surface area contributed by atoms with Crippen LogP contribution in [0.15, 0.2) is 18.2 Å². The first-order valence-corrected chi connectivity index (χ1v) is 13.2. The summed E-state index contributed by atoms with van der Waals surface area (Å²) >= 11 is 6.15. The van der Waals surface area contributed by atoms with E-state index in [1.165, 1.54) is 36.2 Å². The molecule has 170 valence electrons. The van der Waals surface area contributed by atoms with Gasteiger partial charge in [0.05, 0.1) is 11.9 Å². The van der Waals surface area contributed by atoms with E-state index in [1.807, 2.05) is 0 Å². The van der Waals surface area contributed by atoms with Crippen molar-refractivity contribution in [3.63, 3.8) is 0 Å². The minimum atomic E-state index is -3.46. The van der Waals surface area contributed by atoms with E-state index in [0.29, 0.717) is 36.1 Å². The summed E-state index contributed by atoms with van der Waals surface area (Å²) < 4.78 is 25.9. The van der Waals surface area contributed by atoms with Crippen molar-refractivity contribution in [2.75, 3.05) is 36.7 Å². The molecule has 1 fully saturated rings. The number of nitrogens with zero attached hydrogens (tertiary/aromatic N) is 2. The number of hydrogen-bond donors (Lipinski definition) is 1. The van der Waals surface area contributed by atoms with Gasteiger partial charge in [-0.05, 0) is 63.3 Å². The van der Waals surface area contributed by atoms with Crippen LogP contribution in [0.1, 0.15) is 57.4 Å². The molecule has 1 heterocycles. The largest absolute Gasteiger partial charge is 0.356 e. The fraction of sp³-hybridized carbons (Fsp3) is 0.682. The molecule has 1 N–H and O–H groups in total. The molecule has 1 aliphatic heterocycles. The topological polar surface area (TPSA) is 69.7 Å². The van der Waals surface area contributed by atoms with E-state index in [2.05, 4.69) is 17.1 Å². The highest BCUT2D eigenvalue weighted by molar-refractivity contribution is 7.92. The highest BCUT2D eigenvalue weighted by Crippen LogP contribution is 2.28. The SMILES string of the molecule is CCC1CCCCN1CCCNC(=O)CCCN(c1cccc(Cl)c1C)S(C)(=O)=O. The van der Waals surface area contributed by atoms with Crippen LogP contribution < -0.4 is 9.62 Å². The lowest BCUT2D eigenvalue weighted by Crippen LogP contribution is -2.40. The molecule has 0 aliphatic carbocycles. The summed E-state index contributed by atoms with van der Waals surface area (Å²) in [5.74, 6) is -0.0306. The van der Waals surface area contributed by atoms with Crippen molar-refractivity contribution in [3.8, 4) is 0 Å². The molecule has 0 radical (unpaired) electrons. The molecule has 1 saturated heterocycles. The van der Waals surface area contributed by atoms with Crippen LogP contribution in [0.5, 0.6) is 0 Å². The van der Waals surface area contributed by atoms with Gasteiger partial charge in [-0.2, -0.15) is 0 Å². The van der Waals surface area contributed by atoms with Gasteiger partial charge in [-0.1, -0.05) is 31.0 Å². The molecule has 0 bridgehead atoms. The van der Waals surface area contributed by atoms with E-state index in [1.54, 1.807) is 25.1 Å². The highest BCUT2D eigenvalue weighted by Gasteiger charge is 2.21.